The first-order valence-corrected chi connectivity index (χ1v) is 5.93. The third kappa shape index (κ3) is 7.98. The molecule has 0 spiro atoms. The van der Waals surface area contributed by atoms with Crippen LogP contribution in [0.4, 0.5) is 4.79 Å². The second-order valence-electron chi connectivity index (χ2n) is 3.89. The van der Waals surface area contributed by atoms with Crippen molar-refractivity contribution >= 4 is 17.9 Å². The highest BCUT2D eigenvalue weighted by Gasteiger charge is 2.17. The molecular weight excluding hydrogens is 254 g/mol. The Balaban J connectivity index is 4.15. The lowest BCUT2D eigenvalue weighted by atomic mass is 10.2. The molecule has 0 aromatic rings. The van der Waals surface area contributed by atoms with E-state index in [-0.39, 0.29) is 25.4 Å². The molecule has 0 aliphatic carbocycles. The molecule has 0 saturated carbocycles. The molecule has 19 heavy (non-hydrogen) atoms. The van der Waals surface area contributed by atoms with E-state index in [2.05, 4.69) is 10.6 Å². The molecule has 0 radical (unpaired) electrons. The fraction of sp³-hybridized carbons (Fsp3) is 0.727. The van der Waals surface area contributed by atoms with Crippen molar-refractivity contribution in [1.29, 1.82) is 0 Å². The van der Waals surface area contributed by atoms with Crippen LogP contribution in [0.25, 0.3) is 0 Å². The predicted molar refractivity (Wildman–Crippen MR) is 67.8 cm³/mol. The smallest absolute Gasteiger partial charge is 0.317 e. The van der Waals surface area contributed by atoms with Gasteiger partial charge in [-0.2, -0.15) is 0 Å². The number of nitrogens with one attached hydrogen (secondary N) is 2. The van der Waals surface area contributed by atoms with Gasteiger partial charge < -0.3 is 25.4 Å². The van der Waals surface area contributed by atoms with Gasteiger partial charge in [-0.3, -0.25) is 9.59 Å². The molecule has 1 unspecified atom stereocenters. The van der Waals surface area contributed by atoms with Gasteiger partial charge in [0.05, 0.1) is 12.5 Å². The van der Waals surface area contributed by atoms with E-state index < -0.39 is 18.1 Å². The maximum absolute atomic E-state index is 11.6. The van der Waals surface area contributed by atoms with Gasteiger partial charge in [-0.15, -0.1) is 0 Å². The van der Waals surface area contributed by atoms with E-state index in [0.29, 0.717) is 6.61 Å². The molecule has 0 aliphatic rings. The topological polar surface area (TPSA) is 108 Å². The molecule has 8 nitrogen and oxygen atoms in total. The molecule has 0 rings (SSSR count). The highest BCUT2D eigenvalue weighted by atomic mass is 16.5. The lowest BCUT2D eigenvalue weighted by Crippen LogP contribution is -2.45. The number of carboxylic acid groups (broad SMARTS) is 1. The summed E-state index contributed by atoms with van der Waals surface area (Å²) in [7, 11) is 2.95. The van der Waals surface area contributed by atoms with E-state index in [9.17, 15) is 14.4 Å². The predicted octanol–water partition coefficient (Wildman–Crippen LogP) is -0.746. The van der Waals surface area contributed by atoms with E-state index in [4.69, 9.17) is 9.84 Å². The molecule has 110 valence electrons. The van der Waals surface area contributed by atoms with Gasteiger partial charge in [0.15, 0.2) is 0 Å². The van der Waals surface area contributed by atoms with Crippen molar-refractivity contribution in [3.63, 3.8) is 0 Å². The van der Waals surface area contributed by atoms with Gasteiger partial charge in [0, 0.05) is 27.2 Å². The van der Waals surface area contributed by atoms with Gasteiger partial charge in [-0.1, -0.05) is 0 Å². The Hall–Kier alpha value is -1.83. The van der Waals surface area contributed by atoms with E-state index >= 15 is 0 Å². The fourth-order valence-electron chi connectivity index (χ4n) is 1.32. The molecule has 0 fully saturated rings. The Labute approximate surface area is 112 Å². The number of rotatable bonds is 8. The summed E-state index contributed by atoms with van der Waals surface area (Å²) in [4.78, 5) is 34.5. The van der Waals surface area contributed by atoms with Crippen molar-refractivity contribution in [1.82, 2.24) is 15.5 Å². The van der Waals surface area contributed by atoms with Crippen LogP contribution < -0.4 is 10.6 Å². The van der Waals surface area contributed by atoms with Crippen LogP contribution in [0.1, 0.15) is 13.3 Å². The first-order chi connectivity index (χ1) is 8.90. The van der Waals surface area contributed by atoms with Crippen LogP contribution in [0.15, 0.2) is 0 Å². The lowest BCUT2D eigenvalue weighted by Gasteiger charge is -2.20. The maximum atomic E-state index is 11.6. The molecule has 0 heterocycles. The van der Waals surface area contributed by atoms with Gasteiger partial charge in [0.2, 0.25) is 5.91 Å². The Morgan fingerprint density at radius 2 is 2.00 bits per heavy atom. The number of carbonyl (C=O) groups is 3. The Kier molecular flexibility index (Phi) is 8.27. The molecule has 0 bridgehead atoms. The molecular formula is C11H21N3O5. The zero-order chi connectivity index (χ0) is 14.8. The first-order valence-electron chi connectivity index (χ1n) is 5.93. The van der Waals surface area contributed by atoms with E-state index in [1.165, 1.54) is 19.0 Å². The van der Waals surface area contributed by atoms with Gasteiger partial charge in [0.25, 0.3) is 0 Å². The van der Waals surface area contributed by atoms with Gasteiger partial charge in [-0.05, 0) is 6.92 Å². The normalized spacial score (nSPS) is 11.5. The summed E-state index contributed by atoms with van der Waals surface area (Å²) in [5.41, 5.74) is 0. The Morgan fingerprint density at radius 3 is 2.47 bits per heavy atom. The molecule has 3 amide bonds. The van der Waals surface area contributed by atoms with Crippen molar-refractivity contribution in [3.05, 3.63) is 0 Å². The second-order valence-corrected chi connectivity index (χ2v) is 3.89. The van der Waals surface area contributed by atoms with Crippen LogP contribution in [-0.2, 0) is 14.3 Å². The zero-order valence-electron chi connectivity index (χ0n) is 11.4. The summed E-state index contributed by atoms with van der Waals surface area (Å²) >= 11 is 0. The third-order valence-electron chi connectivity index (χ3n) is 2.29. The number of carboxylic acids is 1. The van der Waals surface area contributed by atoms with E-state index in [1.807, 2.05) is 0 Å². The molecule has 8 heteroatoms. The maximum Gasteiger partial charge on any atom is 0.317 e. The number of nitrogens with zero attached hydrogens (tertiary/aromatic N) is 1. The number of hydrogen-bond acceptors (Lipinski definition) is 4. The minimum atomic E-state index is -0.994. The standard InChI is InChI=1S/C11H21N3O5/c1-4-19-8(5-10(16)17)6-13-11(18)14(3)7-9(15)12-2/h8H,4-7H2,1-3H3,(H,12,15)(H,13,18)(H,16,17). The van der Waals surface area contributed by atoms with Crippen molar-refractivity contribution in [2.45, 2.75) is 19.4 Å². The highest BCUT2D eigenvalue weighted by molar-refractivity contribution is 5.83. The quantitative estimate of drug-likeness (QED) is 0.540. The molecule has 0 aliphatic heterocycles. The molecule has 3 N–H and O–H groups in total. The van der Waals surface area contributed by atoms with Gasteiger partial charge >= 0.3 is 12.0 Å². The van der Waals surface area contributed by atoms with Crippen LogP contribution in [-0.4, -0.2) is 67.8 Å². The summed E-state index contributed by atoms with van der Waals surface area (Å²) in [6.07, 6.45) is -0.771. The number of likely N-dealkylation sites (N-methyl/N-ethyl adjacent to an activating group) is 2. The minimum absolute atomic E-state index is 0.0689. The summed E-state index contributed by atoms with van der Waals surface area (Å²) in [6, 6.07) is -0.460. The SMILES string of the molecule is CCOC(CNC(=O)N(C)CC(=O)NC)CC(=O)O. The van der Waals surface area contributed by atoms with Crippen molar-refractivity contribution < 1.29 is 24.2 Å². The van der Waals surface area contributed by atoms with Gasteiger partial charge in [-0.25, -0.2) is 4.79 Å². The van der Waals surface area contributed by atoms with Crippen LogP contribution in [0.5, 0.6) is 0 Å². The summed E-state index contributed by atoms with van der Waals surface area (Å²) < 4.78 is 5.19. The second kappa shape index (κ2) is 9.15. The average molecular weight is 275 g/mol. The van der Waals surface area contributed by atoms with E-state index in [0.717, 1.165) is 0 Å². The number of amides is 3. The molecule has 1 atom stereocenters. The lowest BCUT2D eigenvalue weighted by molar-refractivity contribution is -0.140. The summed E-state index contributed by atoms with van der Waals surface area (Å²) in [6.45, 7) is 2.12. The number of urea groups is 1. The first kappa shape index (κ1) is 17.2. The molecule has 0 saturated heterocycles. The molecule has 0 aromatic carbocycles. The highest BCUT2D eigenvalue weighted by Crippen LogP contribution is 1.98. The number of hydrogen-bond donors (Lipinski definition) is 3. The van der Waals surface area contributed by atoms with Crippen LogP contribution in [0, 0.1) is 0 Å². The van der Waals surface area contributed by atoms with Crippen molar-refractivity contribution in [3.8, 4) is 0 Å². The molecule has 0 aromatic heterocycles. The Bertz CT molecular complexity index is 321. The number of ether oxygens (including phenoxy) is 1. The van der Waals surface area contributed by atoms with Crippen LogP contribution >= 0.6 is 0 Å². The van der Waals surface area contributed by atoms with Crippen molar-refractivity contribution in [2.75, 3.05) is 33.8 Å². The third-order valence-corrected chi connectivity index (χ3v) is 2.29. The van der Waals surface area contributed by atoms with Crippen molar-refractivity contribution in [2.24, 2.45) is 0 Å². The Morgan fingerprint density at radius 1 is 1.37 bits per heavy atom. The minimum Gasteiger partial charge on any atom is -0.481 e. The summed E-state index contributed by atoms with van der Waals surface area (Å²) in [5, 5.41) is 13.6. The van der Waals surface area contributed by atoms with E-state index in [1.54, 1.807) is 6.92 Å². The summed E-state index contributed by atoms with van der Waals surface area (Å²) in [5.74, 6) is -1.28. The van der Waals surface area contributed by atoms with Crippen LogP contribution in [0.3, 0.4) is 0 Å². The number of aliphatic carboxylic acids is 1. The number of carbonyl (C=O) groups excluding carboxylic acids is 2. The van der Waals surface area contributed by atoms with Gasteiger partial charge in [0.1, 0.15) is 6.54 Å². The largest absolute Gasteiger partial charge is 0.481 e. The van der Waals surface area contributed by atoms with Crippen LogP contribution in [0.2, 0.25) is 0 Å². The average Bonchev–Trinajstić information content (AvgIpc) is 2.34. The zero-order valence-corrected chi connectivity index (χ0v) is 11.4. The monoisotopic (exact) mass is 275 g/mol. The fourth-order valence-corrected chi connectivity index (χ4v) is 1.32.